The number of carbonyl (C=O) groups excluding carboxylic acids is 1. The lowest BCUT2D eigenvalue weighted by atomic mass is 9.89. The van der Waals surface area contributed by atoms with Crippen molar-refractivity contribution in [3.05, 3.63) is 59.2 Å². The van der Waals surface area contributed by atoms with Crippen LogP contribution in [0, 0.1) is 0 Å². The molecule has 2 aliphatic rings. The summed E-state index contributed by atoms with van der Waals surface area (Å²) in [5.41, 5.74) is 2.73. The van der Waals surface area contributed by atoms with E-state index in [0.717, 1.165) is 22.5 Å². The first-order valence-corrected chi connectivity index (χ1v) is 5.63. The van der Waals surface area contributed by atoms with Gasteiger partial charge in [-0.15, -0.1) is 0 Å². The van der Waals surface area contributed by atoms with E-state index in [1.54, 1.807) is 6.92 Å². The lowest BCUT2D eigenvalue weighted by Crippen LogP contribution is -2.25. The molecule has 1 aliphatic heterocycles. The number of fused-ring (bicyclic) bond motifs is 2. The van der Waals surface area contributed by atoms with Crippen molar-refractivity contribution >= 4 is 11.9 Å². The van der Waals surface area contributed by atoms with Gasteiger partial charge in [0, 0.05) is 16.7 Å². The second-order valence-corrected chi connectivity index (χ2v) is 4.20. The van der Waals surface area contributed by atoms with Gasteiger partial charge in [-0.1, -0.05) is 30.4 Å². The summed E-state index contributed by atoms with van der Waals surface area (Å²) in [6.07, 6.45) is 7.61. The van der Waals surface area contributed by atoms with Crippen molar-refractivity contribution in [3.63, 3.8) is 0 Å². The fraction of sp³-hybridized carbons (Fsp3) is 0.133. The molecule has 0 amide bonds. The van der Waals surface area contributed by atoms with Crippen LogP contribution in [0.2, 0.25) is 0 Å². The molecule has 0 saturated carbocycles. The van der Waals surface area contributed by atoms with Crippen LogP contribution < -0.4 is 4.74 Å². The fourth-order valence-corrected chi connectivity index (χ4v) is 2.20. The Morgan fingerprint density at radius 3 is 2.94 bits per heavy atom. The van der Waals surface area contributed by atoms with Crippen LogP contribution in [0.15, 0.2) is 53.6 Å². The molecule has 0 fully saturated rings. The van der Waals surface area contributed by atoms with Crippen molar-refractivity contribution in [2.75, 3.05) is 0 Å². The first-order valence-electron chi connectivity index (χ1n) is 5.63. The molecule has 1 atom stereocenters. The van der Waals surface area contributed by atoms with E-state index in [2.05, 4.69) is 0 Å². The summed E-state index contributed by atoms with van der Waals surface area (Å²) in [6, 6.07) is 7.86. The second-order valence-electron chi connectivity index (χ2n) is 4.20. The van der Waals surface area contributed by atoms with Gasteiger partial charge in [0.25, 0.3) is 0 Å². The van der Waals surface area contributed by atoms with Crippen molar-refractivity contribution in [2.24, 2.45) is 0 Å². The number of benzene rings is 1. The van der Waals surface area contributed by atoms with Gasteiger partial charge in [0.15, 0.2) is 5.78 Å². The number of Topliss-reactive ketones (excluding diaryl/α,β-unsaturated/α-hetero) is 1. The third-order valence-electron chi connectivity index (χ3n) is 3.03. The average molecular weight is 224 g/mol. The maximum absolute atomic E-state index is 11.6. The molecule has 84 valence electrons. The minimum absolute atomic E-state index is 0.0774. The Morgan fingerprint density at radius 2 is 2.12 bits per heavy atom. The lowest BCUT2D eigenvalue weighted by Gasteiger charge is -2.27. The average Bonchev–Trinajstić information content (AvgIpc) is 2.35. The van der Waals surface area contributed by atoms with E-state index in [9.17, 15) is 4.79 Å². The highest BCUT2D eigenvalue weighted by atomic mass is 16.5. The van der Waals surface area contributed by atoms with Crippen molar-refractivity contribution in [1.29, 1.82) is 0 Å². The van der Waals surface area contributed by atoms with Crippen molar-refractivity contribution in [2.45, 2.75) is 13.0 Å². The zero-order valence-electron chi connectivity index (χ0n) is 9.51. The first-order chi connectivity index (χ1) is 8.25. The molecule has 3 rings (SSSR count). The summed E-state index contributed by atoms with van der Waals surface area (Å²) < 4.78 is 5.87. The summed E-state index contributed by atoms with van der Waals surface area (Å²) in [6.45, 7) is 1.59. The zero-order chi connectivity index (χ0) is 11.8. The molecule has 0 bridgehead atoms. The van der Waals surface area contributed by atoms with Gasteiger partial charge in [0.2, 0.25) is 0 Å². The number of allylic oxidation sites excluding steroid dienone is 2. The fourth-order valence-electron chi connectivity index (χ4n) is 2.20. The second kappa shape index (κ2) is 3.74. The van der Waals surface area contributed by atoms with Crippen LogP contribution >= 0.6 is 0 Å². The minimum Gasteiger partial charge on any atom is -0.481 e. The number of hydrogen-bond donors (Lipinski definition) is 0. The molecule has 2 nitrogen and oxygen atoms in total. The predicted molar refractivity (Wildman–Crippen MR) is 66.7 cm³/mol. The summed E-state index contributed by atoms with van der Waals surface area (Å²) in [7, 11) is 0. The normalized spacial score (nSPS) is 20.6. The molecule has 1 aromatic rings. The zero-order valence-corrected chi connectivity index (χ0v) is 9.51. The van der Waals surface area contributed by atoms with Gasteiger partial charge in [-0.05, 0) is 25.1 Å². The van der Waals surface area contributed by atoms with Crippen LogP contribution in [0.3, 0.4) is 0 Å². The summed E-state index contributed by atoms with van der Waals surface area (Å²) in [4.78, 5) is 11.6. The summed E-state index contributed by atoms with van der Waals surface area (Å²) >= 11 is 0. The molecule has 1 unspecified atom stereocenters. The van der Waals surface area contributed by atoms with E-state index in [1.165, 1.54) is 0 Å². The van der Waals surface area contributed by atoms with Gasteiger partial charge in [-0.2, -0.15) is 0 Å². The van der Waals surface area contributed by atoms with Crippen LogP contribution in [-0.2, 0) is 4.79 Å². The monoisotopic (exact) mass is 224 g/mol. The van der Waals surface area contributed by atoms with Gasteiger partial charge in [0.05, 0.1) is 0 Å². The van der Waals surface area contributed by atoms with Crippen molar-refractivity contribution < 1.29 is 9.53 Å². The van der Waals surface area contributed by atoms with Crippen molar-refractivity contribution in [3.8, 4) is 5.75 Å². The van der Waals surface area contributed by atoms with Gasteiger partial charge in [-0.25, -0.2) is 0 Å². The maximum atomic E-state index is 11.6. The van der Waals surface area contributed by atoms with Crippen molar-refractivity contribution in [1.82, 2.24) is 0 Å². The molecule has 17 heavy (non-hydrogen) atoms. The van der Waals surface area contributed by atoms with Crippen LogP contribution in [0.5, 0.6) is 5.75 Å². The predicted octanol–water partition coefficient (Wildman–Crippen LogP) is 2.92. The first kappa shape index (κ1) is 10.1. The van der Waals surface area contributed by atoms with Crippen LogP contribution in [0.25, 0.3) is 6.08 Å². The van der Waals surface area contributed by atoms with Crippen LogP contribution in [0.1, 0.15) is 12.5 Å². The third-order valence-corrected chi connectivity index (χ3v) is 3.03. The van der Waals surface area contributed by atoms with Gasteiger partial charge >= 0.3 is 0 Å². The standard InChI is InChI=1S/C15H12O2/c1-10(16)12-6-4-8-15-13(12)9-11-5-2-3-7-14(11)17-15/h2-9,15H,1H3. The highest BCUT2D eigenvalue weighted by Crippen LogP contribution is 2.34. The molecule has 1 heterocycles. The van der Waals surface area contributed by atoms with E-state index in [4.69, 9.17) is 4.74 Å². The van der Waals surface area contributed by atoms with E-state index < -0.39 is 0 Å². The SMILES string of the molecule is CC(=O)C1=CC=CC2Oc3ccccc3C=C12. The lowest BCUT2D eigenvalue weighted by molar-refractivity contribution is -0.113. The minimum atomic E-state index is -0.131. The Bertz CT molecular complexity index is 576. The Morgan fingerprint density at radius 1 is 1.29 bits per heavy atom. The topological polar surface area (TPSA) is 26.3 Å². The third kappa shape index (κ3) is 1.62. The summed E-state index contributed by atoms with van der Waals surface area (Å²) in [5.74, 6) is 0.948. The Hall–Kier alpha value is -2.09. The van der Waals surface area contributed by atoms with Gasteiger partial charge in [-0.3, -0.25) is 4.79 Å². The Kier molecular flexibility index (Phi) is 2.22. The van der Waals surface area contributed by atoms with E-state index in [-0.39, 0.29) is 11.9 Å². The number of ether oxygens (including phenoxy) is 1. The molecule has 0 spiro atoms. The molecule has 1 aliphatic carbocycles. The molecule has 2 heteroatoms. The highest BCUT2D eigenvalue weighted by Gasteiger charge is 2.26. The summed E-state index contributed by atoms with van der Waals surface area (Å²) in [5, 5.41) is 0. The number of para-hydroxylation sites is 1. The molecule has 0 N–H and O–H groups in total. The highest BCUT2D eigenvalue weighted by molar-refractivity contribution is 6.00. The number of ketones is 1. The largest absolute Gasteiger partial charge is 0.481 e. The molecule has 0 radical (unpaired) electrons. The molecular formula is C15H12O2. The number of carbonyl (C=O) groups is 1. The number of hydrogen-bond acceptors (Lipinski definition) is 2. The van der Waals surface area contributed by atoms with Gasteiger partial charge < -0.3 is 4.74 Å². The van der Waals surface area contributed by atoms with E-state index in [1.807, 2.05) is 48.6 Å². The van der Waals surface area contributed by atoms with Crippen LogP contribution in [-0.4, -0.2) is 11.9 Å². The quantitative estimate of drug-likeness (QED) is 0.733. The Balaban J connectivity index is 2.13. The van der Waals surface area contributed by atoms with E-state index in [0.29, 0.717) is 0 Å². The smallest absolute Gasteiger partial charge is 0.160 e. The molecule has 1 aromatic carbocycles. The molecule has 0 saturated heterocycles. The van der Waals surface area contributed by atoms with E-state index >= 15 is 0 Å². The Labute approximate surface area is 99.9 Å². The maximum Gasteiger partial charge on any atom is 0.160 e. The molecule has 0 aromatic heterocycles. The van der Waals surface area contributed by atoms with Crippen LogP contribution in [0.4, 0.5) is 0 Å². The molecular weight excluding hydrogens is 212 g/mol. The number of rotatable bonds is 1. The van der Waals surface area contributed by atoms with Gasteiger partial charge in [0.1, 0.15) is 11.9 Å².